The van der Waals surface area contributed by atoms with E-state index in [1.165, 1.54) is 16.7 Å². The van der Waals surface area contributed by atoms with Crippen LogP contribution < -0.4 is 0 Å². The Bertz CT molecular complexity index is 811. The van der Waals surface area contributed by atoms with Crippen LogP contribution in [0.25, 0.3) is 22.3 Å². The Hall–Kier alpha value is -2.85. The SMILES string of the molecule is Cc1cc(-c2cccc(C#N)c2)ccc1-c1ccccc1. The summed E-state index contributed by atoms with van der Waals surface area (Å²) >= 11 is 0. The van der Waals surface area contributed by atoms with Crippen molar-refractivity contribution < 1.29 is 0 Å². The lowest BCUT2D eigenvalue weighted by Crippen LogP contribution is -1.86. The summed E-state index contributed by atoms with van der Waals surface area (Å²) in [5, 5.41) is 9.01. The number of hydrogen-bond acceptors (Lipinski definition) is 1. The first-order valence-corrected chi connectivity index (χ1v) is 6.94. The molecule has 3 aromatic carbocycles. The molecule has 0 N–H and O–H groups in total. The van der Waals surface area contributed by atoms with E-state index in [-0.39, 0.29) is 0 Å². The topological polar surface area (TPSA) is 23.8 Å². The molecule has 1 nitrogen and oxygen atoms in total. The molecule has 0 radical (unpaired) electrons. The molecule has 100 valence electrons. The van der Waals surface area contributed by atoms with Crippen molar-refractivity contribution in [1.82, 2.24) is 0 Å². The monoisotopic (exact) mass is 269 g/mol. The lowest BCUT2D eigenvalue weighted by atomic mass is 9.95. The summed E-state index contributed by atoms with van der Waals surface area (Å²) < 4.78 is 0. The van der Waals surface area contributed by atoms with Gasteiger partial charge in [0.05, 0.1) is 11.6 Å². The summed E-state index contributed by atoms with van der Waals surface area (Å²) in [4.78, 5) is 0. The smallest absolute Gasteiger partial charge is 0.0991 e. The van der Waals surface area contributed by atoms with Gasteiger partial charge in [0.2, 0.25) is 0 Å². The van der Waals surface area contributed by atoms with Crippen LogP contribution >= 0.6 is 0 Å². The standard InChI is InChI=1S/C20H15N/c1-15-12-19(18-9-5-6-16(13-18)14-21)10-11-20(15)17-7-3-2-4-8-17/h2-13H,1H3. The van der Waals surface area contributed by atoms with Gasteiger partial charge in [0, 0.05) is 0 Å². The number of nitrogens with zero attached hydrogens (tertiary/aromatic N) is 1. The summed E-state index contributed by atoms with van der Waals surface area (Å²) in [5.41, 5.74) is 6.63. The van der Waals surface area contributed by atoms with Crippen LogP contribution in [0.1, 0.15) is 11.1 Å². The first-order chi connectivity index (χ1) is 10.3. The van der Waals surface area contributed by atoms with Crippen LogP contribution in [0.2, 0.25) is 0 Å². The van der Waals surface area contributed by atoms with Gasteiger partial charge >= 0.3 is 0 Å². The highest BCUT2D eigenvalue weighted by molar-refractivity contribution is 5.74. The Morgan fingerprint density at radius 1 is 0.714 bits per heavy atom. The van der Waals surface area contributed by atoms with Gasteiger partial charge in [-0.2, -0.15) is 5.26 Å². The lowest BCUT2D eigenvalue weighted by Gasteiger charge is -2.09. The van der Waals surface area contributed by atoms with Gasteiger partial charge in [-0.25, -0.2) is 0 Å². The van der Waals surface area contributed by atoms with Crippen molar-refractivity contribution >= 4 is 0 Å². The summed E-state index contributed by atoms with van der Waals surface area (Å²) in [6.45, 7) is 2.12. The van der Waals surface area contributed by atoms with E-state index in [1.807, 2.05) is 30.3 Å². The van der Waals surface area contributed by atoms with Crippen LogP contribution in [0.5, 0.6) is 0 Å². The van der Waals surface area contributed by atoms with Gasteiger partial charge in [0.25, 0.3) is 0 Å². The largest absolute Gasteiger partial charge is 0.192 e. The zero-order chi connectivity index (χ0) is 14.7. The Morgan fingerprint density at radius 2 is 1.43 bits per heavy atom. The number of benzene rings is 3. The van der Waals surface area contributed by atoms with Crippen LogP contribution in [0.3, 0.4) is 0 Å². The lowest BCUT2D eigenvalue weighted by molar-refractivity contribution is 1.44. The Kier molecular flexibility index (Phi) is 3.53. The summed E-state index contributed by atoms with van der Waals surface area (Å²) in [6.07, 6.45) is 0. The molecular weight excluding hydrogens is 254 g/mol. The first-order valence-electron chi connectivity index (χ1n) is 6.94. The van der Waals surface area contributed by atoms with Crippen LogP contribution in [0.15, 0.2) is 72.8 Å². The molecule has 0 saturated heterocycles. The molecule has 0 aliphatic rings. The quantitative estimate of drug-likeness (QED) is 0.627. The van der Waals surface area contributed by atoms with Crippen molar-refractivity contribution in [2.24, 2.45) is 0 Å². The fraction of sp³-hybridized carbons (Fsp3) is 0.0500. The van der Waals surface area contributed by atoms with Gasteiger partial charge in [-0.15, -0.1) is 0 Å². The minimum Gasteiger partial charge on any atom is -0.192 e. The Labute approximate surface area is 125 Å². The molecule has 0 atom stereocenters. The second-order valence-electron chi connectivity index (χ2n) is 5.09. The highest BCUT2D eigenvalue weighted by atomic mass is 14.2. The summed E-state index contributed by atoms with van der Waals surface area (Å²) in [7, 11) is 0. The van der Waals surface area contributed by atoms with E-state index in [2.05, 4.69) is 55.5 Å². The molecule has 3 aromatic rings. The molecule has 0 unspecified atom stereocenters. The van der Waals surface area contributed by atoms with Gasteiger partial charge in [-0.05, 0) is 46.9 Å². The molecule has 0 amide bonds. The summed E-state index contributed by atoms with van der Waals surface area (Å²) in [6, 6.07) is 26.7. The molecule has 1 heteroatoms. The number of aryl methyl sites for hydroxylation is 1. The van der Waals surface area contributed by atoms with Crippen LogP contribution in [0, 0.1) is 18.3 Å². The zero-order valence-electron chi connectivity index (χ0n) is 11.9. The fourth-order valence-corrected chi connectivity index (χ4v) is 2.55. The van der Waals surface area contributed by atoms with Crippen LogP contribution in [-0.4, -0.2) is 0 Å². The van der Waals surface area contributed by atoms with Crippen molar-refractivity contribution in [2.75, 3.05) is 0 Å². The molecule has 0 spiro atoms. The second-order valence-corrected chi connectivity index (χ2v) is 5.09. The van der Waals surface area contributed by atoms with Crippen molar-refractivity contribution in [3.05, 3.63) is 83.9 Å². The minimum absolute atomic E-state index is 0.692. The molecule has 0 bridgehead atoms. The maximum Gasteiger partial charge on any atom is 0.0991 e. The predicted octanol–water partition coefficient (Wildman–Crippen LogP) is 5.20. The van der Waals surface area contributed by atoms with Gasteiger partial charge in [0.1, 0.15) is 0 Å². The molecule has 0 fully saturated rings. The van der Waals surface area contributed by atoms with Crippen LogP contribution in [-0.2, 0) is 0 Å². The normalized spacial score (nSPS) is 10.1. The third-order valence-electron chi connectivity index (χ3n) is 3.64. The maximum absolute atomic E-state index is 9.01. The van der Waals surface area contributed by atoms with E-state index >= 15 is 0 Å². The maximum atomic E-state index is 9.01. The van der Waals surface area contributed by atoms with E-state index in [9.17, 15) is 0 Å². The molecule has 3 rings (SSSR count). The molecule has 0 heterocycles. The van der Waals surface area contributed by atoms with Crippen molar-refractivity contribution in [1.29, 1.82) is 5.26 Å². The Morgan fingerprint density at radius 3 is 2.14 bits per heavy atom. The molecular formula is C20H15N. The van der Waals surface area contributed by atoms with E-state index in [0.717, 1.165) is 11.1 Å². The van der Waals surface area contributed by atoms with Gasteiger partial charge in [0.15, 0.2) is 0 Å². The van der Waals surface area contributed by atoms with E-state index < -0.39 is 0 Å². The first kappa shape index (κ1) is 13.1. The van der Waals surface area contributed by atoms with Gasteiger partial charge in [-0.1, -0.05) is 60.7 Å². The highest BCUT2D eigenvalue weighted by Gasteiger charge is 2.04. The van der Waals surface area contributed by atoms with Crippen molar-refractivity contribution in [3.63, 3.8) is 0 Å². The van der Waals surface area contributed by atoms with Gasteiger partial charge in [-0.3, -0.25) is 0 Å². The third-order valence-corrected chi connectivity index (χ3v) is 3.64. The van der Waals surface area contributed by atoms with E-state index in [4.69, 9.17) is 5.26 Å². The van der Waals surface area contributed by atoms with Crippen LogP contribution in [0.4, 0.5) is 0 Å². The molecule has 0 saturated carbocycles. The molecule has 0 aromatic heterocycles. The van der Waals surface area contributed by atoms with E-state index in [1.54, 1.807) is 0 Å². The molecule has 21 heavy (non-hydrogen) atoms. The van der Waals surface area contributed by atoms with E-state index in [0.29, 0.717) is 5.56 Å². The third kappa shape index (κ3) is 2.70. The number of rotatable bonds is 2. The predicted molar refractivity (Wildman–Crippen MR) is 86.8 cm³/mol. The fourth-order valence-electron chi connectivity index (χ4n) is 2.55. The van der Waals surface area contributed by atoms with Gasteiger partial charge < -0.3 is 0 Å². The van der Waals surface area contributed by atoms with Crippen molar-refractivity contribution in [2.45, 2.75) is 6.92 Å². The highest BCUT2D eigenvalue weighted by Crippen LogP contribution is 2.28. The molecule has 0 aliphatic heterocycles. The molecule has 0 aliphatic carbocycles. The number of hydrogen-bond donors (Lipinski definition) is 0. The minimum atomic E-state index is 0.692. The Balaban J connectivity index is 2.04. The summed E-state index contributed by atoms with van der Waals surface area (Å²) in [5.74, 6) is 0. The van der Waals surface area contributed by atoms with Crippen molar-refractivity contribution in [3.8, 4) is 28.3 Å². The average molecular weight is 269 g/mol. The number of nitriles is 1. The second kappa shape index (κ2) is 5.64. The average Bonchev–Trinajstić information content (AvgIpc) is 2.55. The zero-order valence-corrected chi connectivity index (χ0v) is 11.9.